The van der Waals surface area contributed by atoms with Crippen molar-refractivity contribution in [2.45, 2.75) is 0 Å². The zero-order valence-corrected chi connectivity index (χ0v) is 13.2. The van der Waals surface area contributed by atoms with Crippen molar-refractivity contribution in [3.05, 3.63) is 91.0 Å². The summed E-state index contributed by atoms with van der Waals surface area (Å²) in [7, 11) is -1.93. The van der Waals surface area contributed by atoms with E-state index in [1.54, 1.807) is 48.5 Å². The second kappa shape index (κ2) is 9.46. The third kappa shape index (κ3) is 6.83. The van der Waals surface area contributed by atoms with Crippen molar-refractivity contribution in [3.63, 3.8) is 0 Å². The summed E-state index contributed by atoms with van der Waals surface area (Å²) in [5.41, 5.74) is 0. The second-order valence-electron chi connectivity index (χ2n) is 4.38. The first kappa shape index (κ1) is 16.8. The van der Waals surface area contributed by atoms with Crippen LogP contribution in [0.3, 0.4) is 0 Å². The van der Waals surface area contributed by atoms with Crippen LogP contribution in [0.15, 0.2) is 91.0 Å². The first-order valence-electron chi connectivity index (χ1n) is 6.93. The SMILES string of the molecule is OP(Oc1ccccc1)Oc1ccccc1.Oc1ccccc1. The summed E-state index contributed by atoms with van der Waals surface area (Å²) in [6.45, 7) is 0. The first-order valence-corrected chi connectivity index (χ1v) is 8.06. The first-order chi connectivity index (χ1) is 11.2. The summed E-state index contributed by atoms with van der Waals surface area (Å²) >= 11 is 0. The van der Waals surface area contributed by atoms with Gasteiger partial charge in [0.25, 0.3) is 0 Å². The van der Waals surface area contributed by atoms with Gasteiger partial charge in [0.15, 0.2) is 0 Å². The molecule has 23 heavy (non-hydrogen) atoms. The number of benzene rings is 3. The van der Waals surface area contributed by atoms with Crippen LogP contribution in [0.4, 0.5) is 0 Å². The molecular weight excluding hydrogens is 311 g/mol. The lowest BCUT2D eigenvalue weighted by Crippen LogP contribution is -1.93. The topological polar surface area (TPSA) is 58.9 Å². The molecule has 0 saturated heterocycles. The molecule has 0 saturated carbocycles. The van der Waals surface area contributed by atoms with E-state index >= 15 is 0 Å². The molecule has 0 amide bonds. The number of hydrogen-bond donors (Lipinski definition) is 2. The highest BCUT2D eigenvalue weighted by atomic mass is 31.2. The fourth-order valence-electron chi connectivity index (χ4n) is 1.59. The largest absolute Gasteiger partial charge is 0.508 e. The number of phenolic OH excluding ortho intramolecular Hbond substituents is 1. The van der Waals surface area contributed by atoms with Crippen LogP contribution in [0.25, 0.3) is 0 Å². The zero-order chi connectivity index (χ0) is 16.3. The van der Waals surface area contributed by atoms with Crippen LogP contribution in [0.5, 0.6) is 17.2 Å². The molecule has 0 radical (unpaired) electrons. The van der Waals surface area contributed by atoms with Gasteiger partial charge in [-0.15, -0.1) is 0 Å². The molecule has 0 aliphatic rings. The highest BCUT2D eigenvalue weighted by Crippen LogP contribution is 2.35. The molecule has 0 spiro atoms. The lowest BCUT2D eigenvalue weighted by atomic mass is 10.3. The van der Waals surface area contributed by atoms with Crippen molar-refractivity contribution in [2.75, 3.05) is 0 Å². The van der Waals surface area contributed by atoms with E-state index in [9.17, 15) is 4.89 Å². The minimum absolute atomic E-state index is 0.322. The average molecular weight is 328 g/mol. The van der Waals surface area contributed by atoms with Gasteiger partial charge < -0.3 is 19.0 Å². The van der Waals surface area contributed by atoms with Crippen molar-refractivity contribution < 1.29 is 19.0 Å². The summed E-state index contributed by atoms with van der Waals surface area (Å²) < 4.78 is 10.4. The highest BCUT2D eigenvalue weighted by Gasteiger charge is 2.10. The summed E-state index contributed by atoms with van der Waals surface area (Å²) in [4.78, 5) is 9.58. The van der Waals surface area contributed by atoms with Crippen LogP contribution in [-0.2, 0) is 0 Å². The van der Waals surface area contributed by atoms with Gasteiger partial charge in [-0.3, -0.25) is 0 Å². The second-order valence-corrected chi connectivity index (χ2v) is 5.22. The standard InChI is InChI=1S/C12H11O3P.C6H6O/c13-16(14-11-7-3-1-4-8-11)15-12-9-5-2-6-10-12;7-6-4-2-1-3-5-6/h1-10,13H;1-5,7H. The molecule has 0 aromatic heterocycles. The Balaban J connectivity index is 0.000000229. The Kier molecular flexibility index (Phi) is 6.92. The van der Waals surface area contributed by atoms with Gasteiger partial charge in [-0.1, -0.05) is 54.6 Å². The van der Waals surface area contributed by atoms with Gasteiger partial charge in [-0.2, -0.15) is 0 Å². The van der Waals surface area contributed by atoms with E-state index in [4.69, 9.17) is 14.2 Å². The van der Waals surface area contributed by atoms with Crippen LogP contribution < -0.4 is 9.05 Å². The van der Waals surface area contributed by atoms with Crippen LogP contribution in [0.2, 0.25) is 0 Å². The van der Waals surface area contributed by atoms with Crippen molar-refractivity contribution in [3.8, 4) is 17.2 Å². The lowest BCUT2D eigenvalue weighted by Gasteiger charge is -2.11. The predicted molar refractivity (Wildman–Crippen MR) is 91.4 cm³/mol. The third-order valence-electron chi connectivity index (χ3n) is 2.61. The quantitative estimate of drug-likeness (QED) is 0.678. The van der Waals surface area contributed by atoms with E-state index < -0.39 is 8.60 Å². The van der Waals surface area contributed by atoms with Gasteiger partial charge in [-0.05, 0) is 36.4 Å². The van der Waals surface area contributed by atoms with Crippen LogP contribution in [0, 0.1) is 0 Å². The van der Waals surface area contributed by atoms with Crippen molar-refractivity contribution in [1.29, 1.82) is 0 Å². The molecule has 0 aliphatic carbocycles. The van der Waals surface area contributed by atoms with Gasteiger partial charge in [0.05, 0.1) is 0 Å². The van der Waals surface area contributed by atoms with Gasteiger partial charge >= 0.3 is 8.60 Å². The molecule has 0 atom stereocenters. The highest BCUT2D eigenvalue weighted by molar-refractivity contribution is 7.41. The molecule has 3 rings (SSSR count). The monoisotopic (exact) mass is 328 g/mol. The van der Waals surface area contributed by atoms with Gasteiger partial charge in [-0.25, -0.2) is 0 Å². The fourth-order valence-corrected chi connectivity index (χ4v) is 2.23. The Hall–Kier alpha value is -2.55. The smallest absolute Gasteiger partial charge is 0.460 e. The molecular formula is C18H17O4P. The van der Waals surface area contributed by atoms with E-state index in [0.29, 0.717) is 17.2 Å². The summed E-state index contributed by atoms with van der Waals surface area (Å²) in [5, 5.41) is 8.63. The van der Waals surface area contributed by atoms with Crippen molar-refractivity contribution >= 4 is 8.60 Å². The van der Waals surface area contributed by atoms with Crippen LogP contribution in [-0.4, -0.2) is 10.00 Å². The Morgan fingerprint density at radius 3 is 1.22 bits per heavy atom. The molecule has 0 aliphatic heterocycles. The number of para-hydroxylation sites is 3. The maximum Gasteiger partial charge on any atom is 0.460 e. The third-order valence-corrected chi connectivity index (χ3v) is 3.34. The molecule has 0 bridgehead atoms. The average Bonchev–Trinajstić information content (AvgIpc) is 2.58. The molecule has 2 N–H and O–H groups in total. The summed E-state index contributed by atoms with van der Waals surface area (Å²) in [6, 6.07) is 26.9. The Bertz CT molecular complexity index is 621. The predicted octanol–water partition coefficient (Wildman–Crippen LogP) is 4.76. The molecule has 0 heterocycles. The summed E-state index contributed by atoms with van der Waals surface area (Å²) in [6.07, 6.45) is 0. The Labute approximate surface area is 136 Å². The molecule has 4 nitrogen and oxygen atoms in total. The summed E-state index contributed by atoms with van der Waals surface area (Å²) in [5.74, 6) is 1.50. The van der Waals surface area contributed by atoms with Crippen LogP contribution in [0.1, 0.15) is 0 Å². The Morgan fingerprint density at radius 1 is 0.565 bits per heavy atom. The minimum Gasteiger partial charge on any atom is -0.508 e. The van der Waals surface area contributed by atoms with Crippen molar-refractivity contribution in [2.24, 2.45) is 0 Å². The Morgan fingerprint density at radius 2 is 0.913 bits per heavy atom. The number of hydrogen-bond acceptors (Lipinski definition) is 4. The number of phenols is 1. The maximum atomic E-state index is 9.58. The molecule has 3 aromatic rings. The maximum absolute atomic E-state index is 9.58. The molecule has 0 fully saturated rings. The molecule has 118 valence electrons. The van der Waals surface area contributed by atoms with E-state index in [0.717, 1.165) is 0 Å². The molecule has 5 heteroatoms. The fraction of sp³-hybridized carbons (Fsp3) is 0. The van der Waals surface area contributed by atoms with E-state index in [1.807, 2.05) is 42.5 Å². The van der Waals surface area contributed by atoms with E-state index in [-0.39, 0.29) is 0 Å². The van der Waals surface area contributed by atoms with Crippen LogP contribution >= 0.6 is 8.60 Å². The lowest BCUT2D eigenvalue weighted by molar-refractivity contribution is 0.382. The minimum atomic E-state index is -1.93. The molecule has 3 aromatic carbocycles. The molecule has 0 unspecified atom stereocenters. The normalized spacial score (nSPS) is 9.65. The van der Waals surface area contributed by atoms with E-state index in [1.165, 1.54) is 0 Å². The number of aromatic hydroxyl groups is 1. The van der Waals surface area contributed by atoms with Crippen molar-refractivity contribution in [1.82, 2.24) is 0 Å². The van der Waals surface area contributed by atoms with Gasteiger partial charge in [0.1, 0.15) is 17.2 Å². The van der Waals surface area contributed by atoms with E-state index in [2.05, 4.69) is 0 Å². The van der Waals surface area contributed by atoms with Gasteiger partial charge in [0, 0.05) is 0 Å². The zero-order valence-electron chi connectivity index (χ0n) is 12.3. The number of rotatable bonds is 4. The van der Waals surface area contributed by atoms with Gasteiger partial charge in [0.2, 0.25) is 0 Å².